The summed E-state index contributed by atoms with van der Waals surface area (Å²) < 4.78 is 0. The highest BCUT2D eigenvalue weighted by Crippen LogP contribution is 2.21. The molecule has 21 nitrogen and oxygen atoms in total. The number of aliphatic carboxylic acids is 1. The van der Waals surface area contributed by atoms with E-state index in [1.165, 1.54) is 25.6 Å². The summed E-state index contributed by atoms with van der Waals surface area (Å²) in [5, 5.41) is 40.3. The molecule has 0 bridgehead atoms. The molecule has 5 amide bonds. The molecule has 9 atom stereocenters. The van der Waals surface area contributed by atoms with Gasteiger partial charge < -0.3 is 59.5 Å². The molecule has 0 saturated carbocycles. The molecule has 0 saturated heterocycles. The summed E-state index contributed by atoms with van der Waals surface area (Å²) in [7, 11) is 0. The number of ketones is 3. The van der Waals surface area contributed by atoms with Gasteiger partial charge in [-0.3, -0.25) is 48.1 Å². The summed E-state index contributed by atoms with van der Waals surface area (Å²) in [5.41, 5.74) is 23.0. The number of carbonyl (C=O) groups is 9. The van der Waals surface area contributed by atoms with E-state index in [9.17, 15) is 58.5 Å². The predicted octanol–water partition coefficient (Wildman–Crippen LogP) is -0.155. The van der Waals surface area contributed by atoms with Crippen molar-refractivity contribution in [3.05, 3.63) is 35.9 Å². The Morgan fingerprint density at radius 1 is 0.667 bits per heavy atom. The van der Waals surface area contributed by atoms with Crippen LogP contribution < -0.4 is 44.2 Å². The van der Waals surface area contributed by atoms with Gasteiger partial charge in [0.05, 0.1) is 49.1 Å². The number of rotatable bonds is 37. The van der Waals surface area contributed by atoms with E-state index in [0.717, 1.165) is 0 Å². The van der Waals surface area contributed by atoms with Gasteiger partial charge in [-0.1, -0.05) is 57.5 Å². The average molecular weight is 992 g/mol. The van der Waals surface area contributed by atoms with E-state index in [1.807, 2.05) is 13.8 Å². The predicted molar refractivity (Wildman–Crippen MR) is 262 cm³/mol. The molecule has 388 valence electrons. The Morgan fingerprint density at radius 3 is 1.71 bits per heavy atom. The van der Waals surface area contributed by atoms with E-state index < -0.39 is 133 Å². The smallest absolute Gasteiger partial charge is 0.305 e. The zero-order valence-corrected chi connectivity index (χ0v) is 41.5. The SMILES string of the molecule is CSCC[C@H](NC(=O)[C@@H](C)CO)C(=O)C[C@H](C(=O)N[C@@H](CC(=O)O)C(=O)C[C@@H](CCCCN)C(=O)N[C@@H](Cc1ccccc1)C(=O)C[C@@H](CCCN=C(N)N)C(=O)N[C@@H](CC(C)C)C(N)=O)[C@@H](C)O. The fourth-order valence-electron chi connectivity index (χ4n) is 7.38. The van der Waals surface area contributed by atoms with Crippen molar-refractivity contribution in [1.82, 2.24) is 21.3 Å². The topological polar surface area (TPSA) is 379 Å². The minimum Gasteiger partial charge on any atom is -0.481 e. The van der Waals surface area contributed by atoms with E-state index in [0.29, 0.717) is 24.2 Å². The molecule has 0 unspecified atom stereocenters. The van der Waals surface area contributed by atoms with Crippen molar-refractivity contribution >= 4 is 70.6 Å². The Bertz CT molecular complexity index is 1870. The molecule has 0 fully saturated rings. The molecule has 0 heterocycles. The Hall–Kier alpha value is -5.45. The number of hydrogen-bond donors (Lipinski definition) is 11. The largest absolute Gasteiger partial charge is 0.481 e. The molecule has 22 heteroatoms. The van der Waals surface area contributed by atoms with Crippen LogP contribution in [0.5, 0.6) is 0 Å². The van der Waals surface area contributed by atoms with Gasteiger partial charge in [0.25, 0.3) is 0 Å². The highest BCUT2D eigenvalue weighted by Gasteiger charge is 2.36. The number of carboxylic acids is 1. The number of primary amides is 1. The normalized spacial score (nSPS) is 15.1. The fraction of sp³-hybridized carbons (Fsp3) is 0.660. The molecule has 0 aromatic heterocycles. The zero-order valence-electron chi connectivity index (χ0n) is 40.7. The number of nitrogens with two attached hydrogens (primary N) is 4. The van der Waals surface area contributed by atoms with E-state index in [-0.39, 0.29) is 69.9 Å². The number of hydrogen-bond acceptors (Lipinski definition) is 14. The number of carboxylic acid groups (broad SMARTS) is 1. The van der Waals surface area contributed by atoms with Gasteiger partial charge in [0.2, 0.25) is 29.5 Å². The highest BCUT2D eigenvalue weighted by atomic mass is 32.2. The lowest BCUT2D eigenvalue weighted by Gasteiger charge is -2.27. The Labute approximate surface area is 409 Å². The van der Waals surface area contributed by atoms with E-state index in [4.69, 9.17) is 22.9 Å². The van der Waals surface area contributed by atoms with Crippen LogP contribution in [-0.4, -0.2) is 136 Å². The molecular formula is C47H77N9O12S. The van der Waals surface area contributed by atoms with Gasteiger partial charge in [0.15, 0.2) is 23.3 Å². The van der Waals surface area contributed by atoms with Crippen LogP contribution in [0.15, 0.2) is 35.3 Å². The van der Waals surface area contributed by atoms with Crippen molar-refractivity contribution in [2.75, 3.05) is 31.7 Å². The number of carbonyl (C=O) groups excluding carboxylic acids is 8. The Morgan fingerprint density at radius 2 is 1.20 bits per heavy atom. The second-order valence-corrected chi connectivity index (χ2v) is 18.9. The van der Waals surface area contributed by atoms with Crippen molar-refractivity contribution in [3.63, 3.8) is 0 Å². The van der Waals surface area contributed by atoms with E-state index in [1.54, 1.807) is 36.6 Å². The maximum absolute atomic E-state index is 14.4. The van der Waals surface area contributed by atoms with Crippen molar-refractivity contribution in [1.29, 1.82) is 0 Å². The van der Waals surface area contributed by atoms with Gasteiger partial charge >= 0.3 is 5.97 Å². The second-order valence-electron chi connectivity index (χ2n) is 17.9. The first kappa shape index (κ1) is 61.6. The minimum absolute atomic E-state index is 0.00974. The van der Waals surface area contributed by atoms with Crippen LogP contribution in [-0.2, 0) is 49.6 Å². The molecule has 1 aromatic carbocycles. The monoisotopic (exact) mass is 992 g/mol. The first-order valence-electron chi connectivity index (χ1n) is 23.4. The first-order valence-corrected chi connectivity index (χ1v) is 24.8. The molecule has 0 spiro atoms. The quantitative estimate of drug-likeness (QED) is 0.0234. The summed E-state index contributed by atoms with van der Waals surface area (Å²) in [6.45, 7) is 6.32. The standard InChI is InChI=1S/C47H77N9O12S/c1-27(2)20-37(42(49)64)56-45(67)32(15-11-18-52-47(50)51)23-38(59)35(21-30-12-7-6-8-13-30)54-44(66)31(14-9-10-17-48)22-39(60)36(25-41(62)63)55-46(68)33(29(4)58)24-40(61)34(16-19-69-5)53-43(65)28(3)26-57/h6-8,12-13,27-29,31-37,57-58H,9-11,14-26,48H2,1-5H3,(H2,49,64)(H,53,65)(H,54,66)(H,55,68)(H,56,67)(H,62,63)(H4,50,51,52)/t28-,29+,31+,32+,33-,34-,35-,36-,37-/m0/s1. The van der Waals surface area contributed by atoms with Crippen molar-refractivity contribution in [2.45, 2.75) is 135 Å². The summed E-state index contributed by atoms with van der Waals surface area (Å²) >= 11 is 1.40. The summed E-state index contributed by atoms with van der Waals surface area (Å²) in [6, 6.07) is 3.68. The van der Waals surface area contributed by atoms with Crippen molar-refractivity contribution in [3.8, 4) is 0 Å². The van der Waals surface area contributed by atoms with Crippen LogP contribution in [0.2, 0.25) is 0 Å². The number of Topliss-reactive ketones (excluding diaryl/α,β-unsaturated/α-hetero) is 3. The molecule has 69 heavy (non-hydrogen) atoms. The molecule has 0 aliphatic rings. The van der Waals surface area contributed by atoms with Gasteiger partial charge in [-0.15, -0.1) is 0 Å². The number of nitrogens with zero attached hydrogens (tertiary/aromatic N) is 1. The molecular weight excluding hydrogens is 915 g/mol. The molecule has 0 aliphatic heterocycles. The number of nitrogens with one attached hydrogen (secondary N) is 4. The van der Waals surface area contributed by atoms with Crippen LogP contribution in [0.4, 0.5) is 0 Å². The number of thioether (sulfide) groups is 1. The number of guanidine groups is 1. The van der Waals surface area contributed by atoms with Gasteiger partial charge in [0.1, 0.15) is 6.04 Å². The third-order valence-electron chi connectivity index (χ3n) is 11.5. The number of aliphatic hydroxyl groups excluding tert-OH is 2. The van der Waals surface area contributed by atoms with Gasteiger partial charge in [-0.25, -0.2) is 0 Å². The van der Waals surface area contributed by atoms with Crippen LogP contribution >= 0.6 is 11.8 Å². The van der Waals surface area contributed by atoms with Crippen LogP contribution in [0.25, 0.3) is 0 Å². The van der Waals surface area contributed by atoms with Crippen LogP contribution in [0.1, 0.15) is 104 Å². The molecule has 1 aromatic rings. The van der Waals surface area contributed by atoms with Crippen LogP contribution in [0, 0.1) is 29.6 Å². The van der Waals surface area contributed by atoms with E-state index in [2.05, 4.69) is 26.3 Å². The lowest BCUT2D eigenvalue weighted by atomic mass is 9.88. The Kier molecular flexibility index (Phi) is 29.6. The highest BCUT2D eigenvalue weighted by molar-refractivity contribution is 7.98. The van der Waals surface area contributed by atoms with E-state index >= 15 is 0 Å². The number of unbranched alkanes of at least 4 members (excludes halogenated alkanes) is 1. The van der Waals surface area contributed by atoms with Gasteiger partial charge in [-0.2, -0.15) is 11.8 Å². The number of benzene rings is 1. The molecule has 0 radical (unpaired) electrons. The van der Waals surface area contributed by atoms with Gasteiger partial charge in [-0.05, 0) is 81.9 Å². The average Bonchev–Trinajstić information content (AvgIpc) is 3.28. The van der Waals surface area contributed by atoms with Crippen LogP contribution in [0.3, 0.4) is 0 Å². The van der Waals surface area contributed by atoms with Crippen molar-refractivity contribution in [2.24, 2.45) is 57.5 Å². The maximum Gasteiger partial charge on any atom is 0.305 e. The molecule has 0 aliphatic carbocycles. The summed E-state index contributed by atoms with van der Waals surface area (Å²) in [5.74, 6) is -11.4. The second kappa shape index (κ2) is 33.1. The fourth-order valence-corrected chi connectivity index (χ4v) is 7.85. The lowest BCUT2D eigenvalue weighted by molar-refractivity contribution is -0.142. The molecule has 1 rings (SSSR count). The van der Waals surface area contributed by atoms with Gasteiger partial charge in [0, 0.05) is 37.6 Å². The molecule has 15 N–H and O–H groups in total. The third-order valence-corrected chi connectivity index (χ3v) is 12.1. The lowest BCUT2D eigenvalue weighted by Crippen LogP contribution is -2.51. The third kappa shape index (κ3) is 24.6. The Balaban J connectivity index is 3.55. The number of amides is 5. The van der Waals surface area contributed by atoms with Crippen molar-refractivity contribution < 1.29 is 58.5 Å². The zero-order chi connectivity index (χ0) is 52.2. The summed E-state index contributed by atoms with van der Waals surface area (Å²) in [6.07, 6.45) is -0.502. The summed E-state index contributed by atoms with van der Waals surface area (Å²) in [4.78, 5) is 125. The number of aliphatic imine (C=N–C) groups is 1. The maximum atomic E-state index is 14.4. The minimum atomic E-state index is -1.71. The first-order chi connectivity index (χ1) is 32.5. The number of aliphatic hydroxyl groups is 2.